The lowest BCUT2D eigenvalue weighted by atomic mass is 9.96. The summed E-state index contributed by atoms with van der Waals surface area (Å²) in [5.74, 6) is 0.873. The zero-order valence-corrected chi connectivity index (χ0v) is 15.0. The van der Waals surface area contributed by atoms with Crippen LogP contribution in [0.4, 0.5) is 0 Å². The van der Waals surface area contributed by atoms with Crippen LogP contribution in [0.5, 0.6) is 0 Å². The predicted molar refractivity (Wildman–Crippen MR) is 98.8 cm³/mol. The Morgan fingerprint density at radius 2 is 1.84 bits per heavy atom. The molecule has 0 saturated carbocycles. The largest absolute Gasteiger partial charge is 0.379 e. The van der Waals surface area contributed by atoms with E-state index in [1.807, 2.05) is 34.7 Å². The van der Waals surface area contributed by atoms with Crippen molar-refractivity contribution in [3.63, 3.8) is 0 Å². The van der Waals surface area contributed by atoms with Crippen LogP contribution in [0.2, 0.25) is 0 Å². The maximum Gasteiger partial charge on any atom is 0.270 e. The first-order valence-corrected chi connectivity index (χ1v) is 9.36. The number of rotatable bonds is 3. The number of carbonyl (C=O) groups is 1. The number of hydrogen-bond donors (Lipinski definition) is 0. The molecule has 134 valence electrons. The third-order valence-electron chi connectivity index (χ3n) is 5.69. The summed E-state index contributed by atoms with van der Waals surface area (Å²) >= 11 is 0. The van der Waals surface area contributed by atoms with Gasteiger partial charge in [-0.1, -0.05) is 18.2 Å². The molecule has 5 nitrogen and oxygen atoms in total. The van der Waals surface area contributed by atoms with Crippen LogP contribution in [0.1, 0.15) is 23.3 Å². The number of amides is 1. The topological polar surface area (TPSA) is 37.7 Å². The smallest absolute Gasteiger partial charge is 0.270 e. The van der Waals surface area contributed by atoms with E-state index in [2.05, 4.69) is 17.0 Å². The van der Waals surface area contributed by atoms with Gasteiger partial charge in [-0.25, -0.2) is 0 Å². The fourth-order valence-electron chi connectivity index (χ4n) is 4.12. The lowest BCUT2D eigenvalue weighted by Crippen LogP contribution is -2.44. The first-order valence-electron chi connectivity index (χ1n) is 9.36. The van der Waals surface area contributed by atoms with E-state index in [4.69, 9.17) is 4.74 Å². The molecular weight excluding hydrogens is 314 g/mol. The number of para-hydroxylation sites is 1. The van der Waals surface area contributed by atoms with Gasteiger partial charge in [0.15, 0.2) is 0 Å². The van der Waals surface area contributed by atoms with Crippen LogP contribution < -0.4 is 0 Å². The Balaban J connectivity index is 1.38. The molecule has 2 aliphatic rings. The number of nitrogens with zero attached hydrogens (tertiary/aromatic N) is 3. The van der Waals surface area contributed by atoms with Crippen molar-refractivity contribution in [3.8, 4) is 0 Å². The third-order valence-corrected chi connectivity index (χ3v) is 5.69. The predicted octanol–water partition coefficient (Wildman–Crippen LogP) is 2.36. The molecule has 0 bridgehead atoms. The lowest BCUT2D eigenvalue weighted by Gasteiger charge is -2.36. The van der Waals surface area contributed by atoms with Gasteiger partial charge in [-0.15, -0.1) is 0 Å². The highest BCUT2D eigenvalue weighted by Crippen LogP contribution is 2.23. The number of fused-ring (bicyclic) bond motifs is 1. The molecule has 0 unspecified atom stereocenters. The van der Waals surface area contributed by atoms with Gasteiger partial charge in [0, 0.05) is 50.7 Å². The number of benzene rings is 1. The molecule has 5 heteroatoms. The summed E-state index contributed by atoms with van der Waals surface area (Å²) in [5, 5.41) is 1.13. The Morgan fingerprint density at radius 1 is 1.12 bits per heavy atom. The second kappa shape index (κ2) is 7.18. The van der Waals surface area contributed by atoms with E-state index < -0.39 is 0 Å². The van der Waals surface area contributed by atoms with Crippen LogP contribution in [0.25, 0.3) is 10.9 Å². The van der Waals surface area contributed by atoms with Crippen molar-refractivity contribution < 1.29 is 9.53 Å². The van der Waals surface area contributed by atoms with Gasteiger partial charge in [-0.3, -0.25) is 9.69 Å². The molecule has 4 rings (SSSR count). The molecule has 1 aromatic heterocycles. The van der Waals surface area contributed by atoms with E-state index in [-0.39, 0.29) is 5.91 Å². The van der Waals surface area contributed by atoms with Gasteiger partial charge < -0.3 is 14.2 Å². The Bertz CT molecular complexity index is 740. The van der Waals surface area contributed by atoms with Crippen LogP contribution in [0.3, 0.4) is 0 Å². The van der Waals surface area contributed by atoms with Gasteiger partial charge in [0.2, 0.25) is 0 Å². The molecule has 2 fully saturated rings. The van der Waals surface area contributed by atoms with Gasteiger partial charge in [-0.05, 0) is 30.9 Å². The average molecular weight is 341 g/mol. The normalized spacial score (nSPS) is 20.3. The molecule has 1 amide bonds. The van der Waals surface area contributed by atoms with E-state index in [1.165, 1.54) is 0 Å². The van der Waals surface area contributed by atoms with E-state index >= 15 is 0 Å². The summed E-state index contributed by atoms with van der Waals surface area (Å²) in [6.07, 6.45) is 2.21. The highest BCUT2D eigenvalue weighted by atomic mass is 16.5. The van der Waals surface area contributed by atoms with Gasteiger partial charge in [0.25, 0.3) is 5.91 Å². The Kier molecular flexibility index (Phi) is 4.77. The van der Waals surface area contributed by atoms with E-state index in [9.17, 15) is 4.79 Å². The highest BCUT2D eigenvalue weighted by Gasteiger charge is 2.27. The molecular formula is C20H27N3O2. The second-order valence-electron chi connectivity index (χ2n) is 7.30. The monoisotopic (exact) mass is 341 g/mol. The minimum atomic E-state index is 0.170. The first-order chi connectivity index (χ1) is 12.2. The van der Waals surface area contributed by atoms with Crippen molar-refractivity contribution in [2.24, 2.45) is 13.0 Å². The van der Waals surface area contributed by atoms with Crippen molar-refractivity contribution >= 4 is 16.8 Å². The molecule has 2 saturated heterocycles. The standard InChI is InChI=1S/C20H27N3O2/c1-21-18-5-3-2-4-17(18)14-19(21)20(24)23-8-6-16(7-9-23)15-22-10-12-25-13-11-22/h2-5,14,16H,6-13,15H2,1H3. The summed E-state index contributed by atoms with van der Waals surface area (Å²) in [6.45, 7) is 6.71. The van der Waals surface area contributed by atoms with Crippen LogP contribution in [-0.2, 0) is 11.8 Å². The second-order valence-corrected chi connectivity index (χ2v) is 7.30. The quantitative estimate of drug-likeness (QED) is 0.860. The Morgan fingerprint density at radius 3 is 2.56 bits per heavy atom. The summed E-state index contributed by atoms with van der Waals surface area (Å²) in [5.41, 5.74) is 1.92. The maximum atomic E-state index is 13.0. The lowest BCUT2D eigenvalue weighted by molar-refractivity contribution is 0.0242. The van der Waals surface area contributed by atoms with Crippen LogP contribution in [0.15, 0.2) is 30.3 Å². The molecule has 25 heavy (non-hydrogen) atoms. The zero-order valence-electron chi connectivity index (χ0n) is 15.0. The van der Waals surface area contributed by atoms with Crippen LogP contribution in [0, 0.1) is 5.92 Å². The minimum Gasteiger partial charge on any atom is -0.379 e. The van der Waals surface area contributed by atoms with Crippen molar-refractivity contribution in [1.82, 2.24) is 14.4 Å². The molecule has 0 aliphatic carbocycles. The number of aryl methyl sites for hydroxylation is 1. The SMILES string of the molecule is Cn1c(C(=O)N2CCC(CN3CCOCC3)CC2)cc2ccccc21. The maximum absolute atomic E-state index is 13.0. The summed E-state index contributed by atoms with van der Waals surface area (Å²) in [6, 6.07) is 10.2. The van der Waals surface area contributed by atoms with Gasteiger partial charge in [0.05, 0.1) is 13.2 Å². The number of hydrogen-bond acceptors (Lipinski definition) is 3. The fraction of sp³-hybridized carbons (Fsp3) is 0.550. The molecule has 1 aromatic carbocycles. The molecule has 0 radical (unpaired) electrons. The van der Waals surface area contributed by atoms with E-state index in [0.29, 0.717) is 5.92 Å². The average Bonchev–Trinajstić information content (AvgIpc) is 3.00. The van der Waals surface area contributed by atoms with Crippen molar-refractivity contribution in [2.75, 3.05) is 45.9 Å². The van der Waals surface area contributed by atoms with Gasteiger partial charge in [-0.2, -0.15) is 0 Å². The molecule has 0 N–H and O–H groups in total. The summed E-state index contributed by atoms with van der Waals surface area (Å²) < 4.78 is 7.45. The summed E-state index contributed by atoms with van der Waals surface area (Å²) in [4.78, 5) is 17.5. The molecule has 2 aliphatic heterocycles. The Hall–Kier alpha value is -1.85. The van der Waals surface area contributed by atoms with Gasteiger partial charge >= 0.3 is 0 Å². The number of piperidine rings is 1. The molecule has 3 heterocycles. The number of ether oxygens (including phenoxy) is 1. The van der Waals surface area contributed by atoms with E-state index in [1.54, 1.807) is 0 Å². The first kappa shape index (κ1) is 16.6. The minimum absolute atomic E-state index is 0.170. The number of aromatic nitrogens is 1. The fourth-order valence-corrected chi connectivity index (χ4v) is 4.12. The Labute approximate surface area is 149 Å². The molecule has 0 spiro atoms. The number of carbonyl (C=O) groups excluding carboxylic acids is 1. The van der Waals surface area contributed by atoms with Crippen molar-refractivity contribution in [3.05, 3.63) is 36.0 Å². The third kappa shape index (κ3) is 3.44. The van der Waals surface area contributed by atoms with Crippen LogP contribution >= 0.6 is 0 Å². The molecule has 0 atom stereocenters. The van der Waals surface area contributed by atoms with Crippen molar-refractivity contribution in [1.29, 1.82) is 0 Å². The van der Waals surface area contributed by atoms with E-state index in [0.717, 1.165) is 75.4 Å². The van der Waals surface area contributed by atoms with Crippen LogP contribution in [-0.4, -0.2) is 66.2 Å². The zero-order chi connectivity index (χ0) is 17.2. The number of morpholine rings is 1. The summed E-state index contributed by atoms with van der Waals surface area (Å²) in [7, 11) is 1.99. The van der Waals surface area contributed by atoms with Gasteiger partial charge in [0.1, 0.15) is 5.69 Å². The molecule has 2 aromatic rings. The number of likely N-dealkylation sites (tertiary alicyclic amines) is 1. The highest BCUT2D eigenvalue weighted by molar-refractivity contribution is 5.98. The van der Waals surface area contributed by atoms with Crippen molar-refractivity contribution in [2.45, 2.75) is 12.8 Å².